The van der Waals surface area contributed by atoms with E-state index in [9.17, 15) is 14.7 Å². The minimum absolute atomic E-state index is 0.0872. The van der Waals surface area contributed by atoms with Crippen LogP contribution in [0.2, 0.25) is 0 Å². The van der Waals surface area contributed by atoms with Crippen LogP contribution < -0.4 is 9.75 Å². The maximum Gasteiger partial charge on any atom is 0.335 e. The summed E-state index contributed by atoms with van der Waals surface area (Å²) in [6, 6.07) is 21.6. The molecule has 32 heavy (non-hydrogen) atoms. The van der Waals surface area contributed by atoms with Gasteiger partial charge >= 0.3 is 5.97 Å². The Morgan fingerprint density at radius 3 is 2.62 bits per heavy atom. The molecule has 3 aromatic carbocycles. The second-order valence-electron chi connectivity index (χ2n) is 7.17. The largest absolute Gasteiger partial charge is 0.488 e. The first-order chi connectivity index (χ1) is 15.4. The van der Waals surface area contributed by atoms with Crippen LogP contribution in [0.15, 0.2) is 87.9 Å². The van der Waals surface area contributed by atoms with Gasteiger partial charge in [0.2, 0.25) is 0 Å². The third-order valence-electron chi connectivity index (χ3n) is 4.91. The molecule has 4 rings (SSSR count). The third kappa shape index (κ3) is 4.63. The van der Waals surface area contributed by atoms with E-state index in [2.05, 4.69) is 21.0 Å². The van der Waals surface area contributed by atoms with Crippen molar-refractivity contribution in [3.8, 4) is 5.75 Å². The minimum Gasteiger partial charge on any atom is -0.488 e. The van der Waals surface area contributed by atoms with Crippen LogP contribution in [-0.2, 0) is 11.4 Å². The van der Waals surface area contributed by atoms with E-state index >= 15 is 0 Å². The molecule has 1 aliphatic heterocycles. The highest BCUT2D eigenvalue weighted by Crippen LogP contribution is 2.30. The number of carboxylic acid groups (broad SMARTS) is 1. The molecule has 1 amide bonds. The van der Waals surface area contributed by atoms with Gasteiger partial charge < -0.3 is 9.84 Å². The molecular weight excluding hydrogens is 472 g/mol. The van der Waals surface area contributed by atoms with E-state index in [4.69, 9.17) is 4.74 Å². The van der Waals surface area contributed by atoms with Gasteiger partial charge in [0, 0.05) is 10.0 Å². The lowest BCUT2D eigenvalue weighted by molar-refractivity contribution is -0.114. The van der Waals surface area contributed by atoms with Crippen LogP contribution in [0.5, 0.6) is 5.75 Å². The second-order valence-corrected chi connectivity index (χ2v) is 8.09. The molecule has 0 unspecified atom stereocenters. The van der Waals surface area contributed by atoms with Crippen molar-refractivity contribution in [2.24, 2.45) is 5.10 Å². The first-order valence-electron chi connectivity index (χ1n) is 9.84. The fraction of sp³-hybridized carbons (Fsp3) is 0.0800. The summed E-state index contributed by atoms with van der Waals surface area (Å²) in [5, 5.41) is 14.8. The monoisotopic (exact) mass is 490 g/mol. The molecule has 0 fully saturated rings. The average Bonchev–Trinajstić information content (AvgIpc) is 3.07. The Hall–Kier alpha value is -3.71. The van der Waals surface area contributed by atoms with Crippen molar-refractivity contribution >= 4 is 45.3 Å². The quantitative estimate of drug-likeness (QED) is 0.460. The molecule has 6 nitrogen and oxygen atoms in total. The normalized spacial score (nSPS) is 14.6. The number of hydrogen-bond donors (Lipinski definition) is 1. The molecule has 0 bridgehead atoms. The maximum atomic E-state index is 13.1. The predicted molar refractivity (Wildman–Crippen MR) is 127 cm³/mol. The van der Waals surface area contributed by atoms with Gasteiger partial charge in [-0.05, 0) is 55.0 Å². The number of hydrogen-bond acceptors (Lipinski definition) is 4. The van der Waals surface area contributed by atoms with Gasteiger partial charge in [-0.25, -0.2) is 4.79 Å². The van der Waals surface area contributed by atoms with Crippen molar-refractivity contribution in [3.05, 3.63) is 99.5 Å². The standard InChI is InChI=1S/C25H19BrN2O4/c1-16-22(24(29)28(27-16)21-9-5-8-18(13-21)25(30)31)14-19-12-20(26)10-11-23(19)32-15-17-6-3-2-4-7-17/h2-14H,15H2,1H3,(H,30,31). The molecule has 0 saturated heterocycles. The Morgan fingerprint density at radius 1 is 1.09 bits per heavy atom. The number of benzene rings is 3. The Labute approximate surface area is 193 Å². The van der Waals surface area contributed by atoms with E-state index in [0.717, 1.165) is 15.6 Å². The van der Waals surface area contributed by atoms with Gasteiger partial charge in [-0.3, -0.25) is 4.79 Å². The number of carbonyl (C=O) groups is 2. The number of rotatable bonds is 6. The number of carboxylic acids is 1. The zero-order valence-electron chi connectivity index (χ0n) is 17.2. The molecule has 0 atom stereocenters. The minimum atomic E-state index is -1.07. The molecule has 7 heteroatoms. The maximum absolute atomic E-state index is 13.1. The van der Waals surface area contributed by atoms with Crippen LogP contribution in [0.1, 0.15) is 28.4 Å². The summed E-state index contributed by atoms with van der Waals surface area (Å²) in [7, 11) is 0. The van der Waals surface area contributed by atoms with Crippen LogP contribution in [0.4, 0.5) is 5.69 Å². The summed E-state index contributed by atoms with van der Waals surface area (Å²) >= 11 is 3.48. The van der Waals surface area contributed by atoms with Crippen molar-refractivity contribution in [2.75, 3.05) is 5.01 Å². The lowest BCUT2D eigenvalue weighted by atomic mass is 10.1. The van der Waals surface area contributed by atoms with Crippen molar-refractivity contribution in [3.63, 3.8) is 0 Å². The van der Waals surface area contributed by atoms with Gasteiger partial charge in [-0.1, -0.05) is 52.3 Å². The van der Waals surface area contributed by atoms with Gasteiger partial charge in [0.25, 0.3) is 5.91 Å². The zero-order valence-corrected chi connectivity index (χ0v) is 18.7. The highest BCUT2D eigenvalue weighted by molar-refractivity contribution is 9.10. The topological polar surface area (TPSA) is 79.2 Å². The number of nitrogens with zero attached hydrogens (tertiary/aromatic N) is 2. The summed E-state index contributed by atoms with van der Waals surface area (Å²) in [5.74, 6) is -0.764. The summed E-state index contributed by atoms with van der Waals surface area (Å²) in [6.45, 7) is 2.14. The highest BCUT2D eigenvalue weighted by atomic mass is 79.9. The van der Waals surface area contributed by atoms with E-state index < -0.39 is 5.97 Å². The number of halogens is 1. The van der Waals surface area contributed by atoms with Gasteiger partial charge in [0.05, 0.1) is 22.5 Å². The number of anilines is 1. The molecule has 0 aliphatic carbocycles. The molecule has 160 valence electrons. The summed E-state index contributed by atoms with van der Waals surface area (Å²) in [6.07, 6.45) is 1.74. The molecule has 1 heterocycles. The van der Waals surface area contributed by atoms with Crippen LogP contribution in [0, 0.1) is 0 Å². The fourth-order valence-electron chi connectivity index (χ4n) is 3.28. The number of carbonyl (C=O) groups excluding carboxylic acids is 1. The van der Waals surface area contributed by atoms with E-state index in [1.807, 2.05) is 48.5 Å². The number of aromatic carboxylic acids is 1. The molecule has 0 spiro atoms. The molecule has 0 radical (unpaired) electrons. The lowest BCUT2D eigenvalue weighted by Crippen LogP contribution is -2.21. The predicted octanol–water partition coefficient (Wildman–Crippen LogP) is 5.53. The van der Waals surface area contributed by atoms with E-state index in [1.165, 1.54) is 17.1 Å². The van der Waals surface area contributed by atoms with Gasteiger partial charge in [-0.15, -0.1) is 0 Å². The SMILES string of the molecule is CC1=NN(c2cccc(C(=O)O)c2)C(=O)C1=Cc1cc(Br)ccc1OCc1ccccc1. The summed E-state index contributed by atoms with van der Waals surface area (Å²) < 4.78 is 6.87. The van der Waals surface area contributed by atoms with Gasteiger partial charge in [0.15, 0.2) is 0 Å². The molecule has 1 aliphatic rings. The molecule has 3 aromatic rings. The Bertz CT molecular complexity index is 1250. The van der Waals surface area contributed by atoms with E-state index in [-0.39, 0.29) is 11.5 Å². The Morgan fingerprint density at radius 2 is 1.88 bits per heavy atom. The highest BCUT2D eigenvalue weighted by Gasteiger charge is 2.29. The second kappa shape index (κ2) is 9.20. The van der Waals surface area contributed by atoms with Crippen molar-refractivity contribution in [1.29, 1.82) is 0 Å². The fourth-order valence-corrected chi connectivity index (χ4v) is 3.66. The van der Waals surface area contributed by atoms with Crippen LogP contribution >= 0.6 is 15.9 Å². The molecular formula is C25H19BrN2O4. The zero-order chi connectivity index (χ0) is 22.7. The smallest absolute Gasteiger partial charge is 0.335 e. The van der Waals surface area contributed by atoms with Crippen LogP contribution in [0.3, 0.4) is 0 Å². The third-order valence-corrected chi connectivity index (χ3v) is 5.40. The van der Waals surface area contributed by atoms with Gasteiger partial charge in [0.1, 0.15) is 12.4 Å². The number of amides is 1. The van der Waals surface area contributed by atoms with Crippen molar-refractivity contribution in [2.45, 2.75) is 13.5 Å². The summed E-state index contributed by atoms with van der Waals surface area (Å²) in [4.78, 5) is 24.4. The molecule has 0 aromatic heterocycles. The Kier molecular flexibility index (Phi) is 6.18. The first kappa shape index (κ1) is 21.5. The van der Waals surface area contributed by atoms with Crippen LogP contribution in [-0.4, -0.2) is 22.7 Å². The van der Waals surface area contributed by atoms with Gasteiger partial charge in [-0.2, -0.15) is 10.1 Å². The molecule has 0 saturated carbocycles. The number of hydrazone groups is 1. The van der Waals surface area contributed by atoms with Crippen LogP contribution in [0.25, 0.3) is 6.08 Å². The lowest BCUT2D eigenvalue weighted by Gasteiger charge is -2.13. The van der Waals surface area contributed by atoms with Crippen molar-refractivity contribution < 1.29 is 19.4 Å². The first-order valence-corrected chi connectivity index (χ1v) is 10.6. The Balaban J connectivity index is 1.63. The van der Waals surface area contributed by atoms with E-state index in [1.54, 1.807) is 25.1 Å². The summed E-state index contributed by atoms with van der Waals surface area (Å²) in [5.41, 5.74) is 3.19. The number of ether oxygens (including phenoxy) is 1. The van der Waals surface area contributed by atoms with Crippen molar-refractivity contribution in [1.82, 2.24) is 0 Å². The molecule has 1 N–H and O–H groups in total. The average molecular weight is 491 g/mol. The van der Waals surface area contributed by atoms with E-state index in [0.29, 0.717) is 29.3 Å².